The molecule has 0 aliphatic carbocycles. The van der Waals surface area contributed by atoms with Gasteiger partial charge in [0.1, 0.15) is 11.5 Å². The van der Waals surface area contributed by atoms with Crippen molar-refractivity contribution in [2.45, 2.75) is 19.9 Å². The first kappa shape index (κ1) is 12.6. The standard InChI is InChI=1S/C13H23N3O/c1-3-15-6-8-16(9-7-15)12(10-14)13-5-4-11(2)17-13/h4-5,12H,3,6-10,14H2,1-2H3. The van der Waals surface area contributed by atoms with E-state index in [-0.39, 0.29) is 6.04 Å². The predicted molar refractivity (Wildman–Crippen MR) is 68.9 cm³/mol. The number of furan rings is 1. The highest BCUT2D eigenvalue weighted by Gasteiger charge is 2.25. The maximum Gasteiger partial charge on any atom is 0.122 e. The van der Waals surface area contributed by atoms with Gasteiger partial charge in [-0.25, -0.2) is 0 Å². The van der Waals surface area contributed by atoms with Crippen molar-refractivity contribution in [3.05, 3.63) is 23.7 Å². The first-order valence-corrected chi connectivity index (χ1v) is 6.47. The second kappa shape index (κ2) is 5.67. The molecule has 2 heterocycles. The van der Waals surface area contributed by atoms with Crippen LogP contribution in [0.5, 0.6) is 0 Å². The lowest BCUT2D eigenvalue weighted by Crippen LogP contribution is -2.48. The Kier molecular flexibility index (Phi) is 4.20. The number of nitrogens with two attached hydrogens (primary N) is 1. The SMILES string of the molecule is CCN1CCN(C(CN)c2ccc(C)o2)CC1. The molecule has 1 aromatic rings. The van der Waals surface area contributed by atoms with E-state index in [4.69, 9.17) is 10.2 Å². The molecule has 1 aliphatic rings. The first-order chi connectivity index (χ1) is 8.24. The molecule has 4 heteroatoms. The van der Waals surface area contributed by atoms with Crippen LogP contribution in [0.15, 0.2) is 16.5 Å². The van der Waals surface area contributed by atoms with Gasteiger partial charge in [-0.1, -0.05) is 6.92 Å². The normalized spacial score (nSPS) is 20.6. The summed E-state index contributed by atoms with van der Waals surface area (Å²) in [5.74, 6) is 1.97. The van der Waals surface area contributed by atoms with Gasteiger partial charge in [0.2, 0.25) is 0 Å². The summed E-state index contributed by atoms with van der Waals surface area (Å²) in [6, 6.07) is 4.31. The van der Waals surface area contributed by atoms with Gasteiger partial charge in [-0.3, -0.25) is 4.90 Å². The molecule has 0 radical (unpaired) electrons. The van der Waals surface area contributed by atoms with E-state index in [2.05, 4.69) is 22.8 Å². The third kappa shape index (κ3) is 2.89. The molecular weight excluding hydrogens is 214 g/mol. The number of rotatable bonds is 4. The van der Waals surface area contributed by atoms with E-state index < -0.39 is 0 Å². The van der Waals surface area contributed by atoms with E-state index in [1.165, 1.54) is 0 Å². The molecule has 1 saturated heterocycles. The second-order valence-electron chi connectivity index (χ2n) is 4.67. The lowest BCUT2D eigenvalue weighted by molar-refractivity contribution is 0.0922. The van der Waals surface area contributed by atoms with Crippen LogP contribution in [0.3, 0.4) is 0 Å². The monoisotopic (exact) mass is 237 g/mol. The minimum Gasteiger partial charge on any atom is -0.465 e. The van der Waals surface area contributed by atoms with E-state index in [1.54, 1.807) is 0 Å². The van der Waals surface area contributed by atoms with Crippen molar-refractivity contribution in [3.63, 3.8) is 0 Å². The highest BCUT2D eigenvalue weighted by molar-refractivity contribution is 5.10. The van der Waals surface area contributed by atoms with Crippen LogP contribution in [-0.4, -0.2) is 49.1 Å². The summed E-state index contributed by atoms with van der Waals surface area (Å²) in [5, 5.41) is 0. The Morgan fingerprint density at radius 1 is 1.29 bits per heavy atom. The van der Waals surface area contributed by atoms with Gasteiger partial charge in [0.25, 0.3) is 0 Å². The maximum atomic E-state index is 5.90. The summed E-state index contributed by atoms with van der Waals surface area (Å²) in [5.41, 5.74) is 5.90. The van der Waals surface area contributed by atoms with Gasteiger partial charge in [-0.2, -0.15) is 0 Å². The Labute approximate surface area is 103 Å². The zero-order valence-corrected chi connectivity index (χ0v) is 10.9. The van der Waals surface area contributed by atoms with Gasteiger partial charge >= 0.3 is 0 Å². The molecule has 0 bridgehead atoms. The van der Waals surface area contributed by atoms with Crippen LogP contribution in [0.1, 0.15) is 24.5 Å². The molecule has 1 aliphatic heterocycles. The molecule has 0 saturated carbocycles. The highest BCUT2D eigenvalue weighted by atomic mass is 16.3. The van der Waals surface area contributed by atoms with Crippen molar-refractivity contribution in [3.8, 4) is 0 Å². The molecule has 1 fully saturated rings. The van der Waals surface area contributed by atoms with Crippen LogP contribution < -0.4 is 5.73 Å². The lowest BCUT2D eigenvalue weighted by atomic mass is 10.1. The molecule has 0 aromatic carbocycles. The van der Waals surface area contributed by atoms with E-state index in [0.29, 0.717) is 6.54 Å². The Morgan fingerprint density at radius 3 is 2.47 bits per heavy atom. The van der Waals surface area contributed by atoms with Gasteiger partial charge < -0.3 is 15.1 Å². The Balaban J connectivity index is 2.00. The largest absolute Gasteiger partial charge is 0.465 e. The van der Waals surface area contributed by atoms with Crippen molar-refractivity contribution in [2.24, 2.45) is 5.73 Å². The maximum absolute atomic E-state index is 5.90. The molecule has 0 spiro atoms. The molecule has 17 heavy (non-hydrogen) atoms. The van der Waals surface area contributed by atoms with Crippen LogP contribution in [0.25, 0.3) is 0 Å². The van der Waals surface area contributed by atoms with E-state index in [9.17, 15) is 0 Å². The van der Waals surface area contributed by atoms with Gasteiger partial charge in [0, 0.05) is 32.7 Å². The molecule has 0 amide bonds. The fraction of sp³-hybridized carbons (Fsp3) is 0.692. The van der Waals surface area contributed by atoms with Crippen LogP contribution in [0.4, 0.5) is 0 Å². The first-order valence-electron chi connectivity index (χ1n) is 6.47. The molecule has 96 valence electrons. The van der Waals surface area contributed by atoms with Crippen molar-refractivity contribution < 1.29 is 4.42 Å². The average Bonchev–Trinajstić information content (AvgIpc) is 2.78. The summed E-state index contributed by atoms with van der Waals surface area (Å²) >= 11 is 0. The van der Waals surface area contributed by atoms with Crippen molar-refractivity contribution in [2.75, 3.05) is 39.3 Å². The Bertz CT molecular complexity index is 342. The molecule has 1 atom stereocenters. The van der Waals surface area contributed by atoms with Crippen LogP contribution in [0, 0.1) is 6.92 Å². The fourth-order valence-electron chi connectivity index (χ4n) is 2.47. The van der Waals surface area contributed by atoms with E-state index in [1.807, 2.05) is 13.0 Å². The van der Waals surface area contributed by atoms with Crippen molar-refractivity contribution >= 4 is 0 Å². The van der Waals surface area contributed by atoms with Gasteiger partial charge in [-0.15, -0.1) is 0 Å². The summed E-state index contributed by atoms with van der Waals surface area (Å²) in [7, 11) is 0. The summed E-state index contributed by atoms with van der Waals surface area (Å²) in [4.78, 5) is 4.90. The number of likely N-dealkylation sites (N-methyl/N-ethyl adjacent to an activating group) is 1. The van der Waals surface area contributed by atoms with E-state index in [0.717, 1.165) is 44.2 Å². The fourth-order valence-corrected chi connectivity index (χ4v) is 2.47. The minimum absolute atomic E-state index is 0.239. The summed E-state index contributed by atoms with van der Waals surface area (Å²) in [6.07, 6.45) is 0. The molecule has 4 nitrogen and oxygen atoms in total. The number of hydrogen-bond acceptors (Lipinski definition) is 4. The number of aryl methyl sites for hydroxylation is 1. The zero-order valence-electron chi connectivity index (χ0n) is 10.9. The van der Waals surface area contributed by atoms with Gasteiger partial charge in [0.05, 0.1) is 6.04 Å². The Hall–Kier alpha value is -0.840. The highest BCUT2D eigenvalue weighted by Crippen LogP contribution is 2.23. The zero-order chi connectivity index (χ0) is 12.3. The molecule has 1 unspecified atom stereocenters. The van der Waals surface area contributed by atoms with Crippen molar-refractivity contribution in [1.82, 2.24) is 9.80 Å². The predicted octanol–water partition coefficient (Wildman–Crippen LogP) is 1.23. The third-order valence-corrected chi connectivity index (χ3v) is 3.61. The van der Waals surface area contributed by atoms with Gasteiger partial charge in [-0.05, 0) is 25.6 Å². The van der Waals surface area contributed by atoms with Crippen molar-refractivity contribution in [1.29, 1.82) is 0 Å². The smallest absolute Gasteiger partial charge is 0.122 e. The molecule has 2 rings (SSSR count). The molecular formula is C13H23N3O. The van der Waals surface area contributed by atoms with Gasteiger partial charge in [0.15, 0.2) is 0 Å². The summed E-state index contributed by atoms with van der Waals surface area (Å²) in [6.45, 7) is 10.4. The van der Waals surface area contributed by atoms with E-state index >= 15 is 0 Å². The quantitative estimate of drug-likeness (QED) is 0.855. The minimum atomic E-state index is 0.239. The van der Waals surface area contributed by atoms with Crippen LogP contribution in [-0.2, 0) is 0 Å². The lowest BCUT2D eigenvalue weighted by Gasteiger charge is -2.37. The third-order valence-electron chi connectivity index (χ3n) is 3.61. The second-order valence-corrected chi connectivity index (χ2v) is 4.67. The topological polar surface area (TPSA) is 45.6 Å². The summed E-state index contributed by atoms with van der Waals surface area (Å²) < 4.78 is 5.71. The molecule has 2 N–H and O–H groups in total. The number of hydrogen-bond donors (Lipinski definition) is 1. The molecule has 1 aromatic heterocycles. The Morgan fingerprint density at radius 2 is 2.00 bits per heavy atom. The number of piperazine rings is 1. The average molecular weight is 237 g/mol. The van der Waals surface area contributed by atoms with Crippen LogP contribution >= 0.6 is 0 Å². The van der Waals surface area contributed by atoms with Crippen LogP contribution in [0.2, 0.25) is 0 Å². The number of nitrogens with zero attached hydrogens (tertiary/aromatic N) is 2.